The maximum absolute atomic E-state index is 12.0. The Kier molecular flexibility index (Phi) is 4.84. The monoisotopic (exact) mass is 238 g/mol. The van der Waals surface area contributed by atoms with Gasteiger partial charge in [0, 0.05) is 25.6 Å². The molecule has 1 saturated heterocycles. The molecule has 2 unspecified atom stereocenters. The number of nitrogens with zero attached hydrogens (tertiary/aromatic N) is 1. The van der Waals surface area contributed by atoms with Gasteiger partial charge in [0.05, 0.1) is 0 Å². The number of likely N-dealkylation sites (tertiary alicyclic amines) is 1. The zero-order valence-electron chi connectivity index (χ0n) is 10.9. The second kappa shape index (κ2) is 6.39. The van der Waals surface area contributed by atoms with Crippen molar-refractivity contribution in [3.05, 3.63) is 0 Å². The van der Waals surface area contributed by atoms with Crippen LogP contribution in [0.1, 0.15) is 57.8 Å². The van der Waals surface area contributed by atoms with Crippen molar-refractivity contribution in [1.29, 1.82) is 0 Å². The molecule has 2 rings (SSSR count). The highest BCUT2D eigenvalue weighted by molar-refractivity contribution is 5.76. The van der Waals surface area contributed by atoms with E-state index in [1.807, 2.05) is 0 Å². The van der Waals surface area contributed by atoms with Crippen molar-refractivity contribution in [3.63, 3.8) is 0 Å². The summed E-state index contributed by atoms with van der Waals surface area (Å²) < 4.78 is 0. The standard InChI is InChI=1S/C14H26N2O/c15-13-6-4-5-12(11-13)7-8-14(17)16-9-2-1-3-10-16/h12-13H,1-11,15H2. The lowest BCUT2D eigenvalue weighted by Crippen LogP contribution is -2.36. The molecule has 2 N–H and O–H groups in total. The first-order valence-electron chi connectivity index (χ1n) is 7.29. The van der Waals surface area contributed by atoms with Gasteiger partial charge in [-0.05, 0) is 44.4 Å². The normalized spacial score (nSPS) is 30.3. The summed E-state index contributed by atoms with van der Waals surface area (Å²) in [5.41, 5.74) is 5.98. The third kappa shape index (κ3) is 3.98. The highest BCUT2D eigenvalue weighted by Crippen LogP contribution is 2.27. The maximum Gasteiger partial charge on any atom is 0.222 e. The summed E-state index contributed by atoms with van der Waals surface area (Å²) in [4.78, 5) is 14.1. The van der Waals surface area contributed by atoms with E-state index in [0.717, 1.165) is 32.4 Å². The van der Waals surface area contributed by atoms with E-state index in [9.17, 15) is 4.79 Å². The summed E-state index contributed by atoms with van der Waals surface area (Å²) in [7, 11) is 0. The fraction of sp³-hybridized carbons (Fsp3) is 0.929. The minimum atomic E-state index is 0.379. The smallest absolute Gasteiger partial charge is 0.222 e. The van der Waals surface area contributed by atoms with Gasteiger partial charge in [0.25, 0.3) is 0 Å². The highest BCUT2D eigenvalue weighted by atomic mass is 16.2. The number of nitrogens with two attached hydrogens (primary N) is 1. The van der Waals surface area contributed by atoms with Crippen molar-refractivity contribution in [2.75, 3.05) is 13.1 Å². The fourth-order valence-electron chi connectivity index (χ4n) is 3.22. The molecule has 17 heavy (non-hydrogen) atoms. The van der Waals surface area contributed by atoms with Gasteiger partial charge in [-0.2, -0.15) is 0 Å². The first-order chi connectivity index (χ1) is 8.25. The zero-order chi connectivity index (χ0) is 12.1. The van der Waals surface area contributed by atoms with Crippen molar-refractivity contribution >= 4 is 5.91 Å². The summed E-state index contributed by atoms with van der Waals surface area (Å²) in [5, 5.41) is 0. The Morgan fingerprint density at radius 1 is 1.12 bits per heavy atom. The summed E-state index contributed by atoms with van der Waals surface area (Å²) in [6.45, 7) is 1.98. The number of carbonyl (C=O) groups is 1. The number of rotatable bonds is 3. The van der Waals surface area contributed by atoms with Crippen LogP contribution in [0.2, 0.25) is 0 Å². The van der Waals surface area contributed by atoms with Crippen LogP contribution in [0.15, 0.2) is 0 Å². The average molecular weight is 238 g/mol. The molecule has 2 aliphatic rings. The summed E-state index contributed by atoms with van der Waals surface area (Å²) in [6, 6.07) is 0.388. The number of amides is 1. The Morgan fingerprint density at radius 3 is 2.59 bits per heavy atom. The zero-order valence-corrected chi connectivity index (χ0v) is 10.9. The second-order valence-corrected chi connectivity index (χ2v) is 5.77. The van der Waals surface area contributed by atoms with Crippen LogP contribution in [0.4, 0.5) is 0 Å². The van der Waals surface area contributed by atoms with Crippen molar-refractivity contribution < 1.29 is 4.79 Å². The summed E-state index contributed by atoms with van der Waals surface area (Å²) in [6.07, 6.45) is 10.3. The van der Waals surface area contributed by atoms with Gasteiger partial charge < -0.3 is 10.6 Å². The van der Waals surface area contributed by atoms with Crippen molar-refractivity contribution in [2.45, 2.75) is 63.8 Å². The van der Waals surface area contributed by atoms with Crippen LogP contribution < -0.4 is 5.73 Å². The molecule has 3 heteroatoms. The van der Waals surface area contributed by atoms with Crippen LogP contribution in [0.3, 0.4) is 0 Å². The SMILES string of the molecule is NC1CCCC(CCC(=O)N2CCCCC2)C1. The summed E-state index contributed by atoms with van der Waals surface area (Å²) >= 11 is 0. The van der Waals surface area contributed by atoms with Crippen LogP contribution in [0.25, 0.3) is 0 Å². The van der Waals surface area contributed by atoms with Crippen molar-refractivity contribution in [3.8, 4) is 0 Å². The molecule has 1 heterocycles. The van der Waals surface area contributed by atoms with E-state index in [2.05, 4.69) is 4.90 Å². The molecule has 0 bridgehead atoms. The molecule has 0 radical (unpaired) electrons. The van der Waals surface area contributed by atoms with Crippen LogP contribution >= 0.6 is 0 Å². The Bertz CT molecular complexity index is 249. The van der Waals surface area contributed by atoms with Gasteiger partial charge in [-0.1, -0.05) is 12.8 Å². The predicted octanol–water partition coefficient (Wildman–Crippen LogP) is 2.30. The first-order valence-corrected chi connectivity index (χ1v) is 7.29. The van der Waals surface area contributed by atoms with Crippen LogP contribution in [-0.2, 0) is 4.79 Å². The average Bonchev–Trinajstić information content (AvgIpc) is 2.37. The molecule has 0 spiro atoms. The van der Waals surface area contributed by atoms with Gasteiger partial charge in [0.2, 0.25) is 5.91 Å². The van der Waals surface area contributed by atoms with Crippen molar-refractivity contribution in [2.24, 2.45) is 11.7 Å². The molecular weight excluding hydrogens is 212 g/mol. The lowest BCUT2D eigenvalue weighted by molar-refractivity contribution is -0.132. The molecule has 3 nitrogen and oxygen atoms in total. The van der Waals surface area contributed by atoms with Crippen molar-refractivity contribution in [1.82, 2.24) is 4.90 Å². The number of hydrogen-bond donors (Lipinski definition) is 1. The van der Waals surface area contributed by atoms with Crippen LogP contribution in [-0.4, -0.2) is 29.9 Å². The molecule has 2 atom stereocenters. The third-order valence-electron chi connectivity index (χ3n) is 4.30. The van der Waals surface area contributed by atoms with E-state index < -0.39 is 0 Å². The molecule has 1 saturated carbocycles. The lowest BCUT2D eigenvalue weighted by atomic mass is 9.83. The second-order valence-electron chi connectivity index (χ2n) is 5.77. The number of carbonyl (C=O) groups excluding carboxylic acids is 1. The Labute approximate surface area is 105 Å². The fourth-order valence-corrected chi connectivity index (χ4v) is 3.22. The molecule has 0 aromatic carbocycles. The number of piperidine rings is 1. The van der Waals surface area contributed by atoms with Crippen LogP contribution in [0, 0.1) is 5.92 Å². The first kappa shape index (κ1) is 12.9. The van der Waals surface area contributed by atoms with Gasteiger partial charge in [0.1, 0.15) is 0 Å². The Morgan fingerprint density at radius 2 is 1.88 bits per heavy atom. The Balaban J connectivity index is 1.68. The molecule has 1 amide bonds. The minimum Gasteiger partial charge on any atom is -0.343 e. The largest absolute Gasteiger partial charge is 0.343 e. The molecule has 0 aromatic heterocycles. The molecule has 0 aromatic rings. The minimum absolute atomic E-state index is 0.379. The highest BCUT2D eigenvalue weighted by Gasteiger charge is 2.22. The molecule has 2 fully saturated rings. The van der Waals surface area contributed by atoms with Gasteiger partial charge in [0.15, 0.2) is 0 Å². The lowest BCUT2D eigenvalue weighted by Gasteiger charge is -2.29. The molecule has 98 valence electrons. The topological polar surface area (TPSA) is 46.3 Å². The Hall–Kier alpha value is -0.570. The van der Waals surface area contributed by atoms with E-state index in [1.54, 1.807) is 0 Å². The van der Waals surface area contributed by atoms with Gasteiger partial charge in [-0.3, -0.25) is 4.79 Å². The van der Waals surface area contributed by atoms with E-state index in [0.29, 0.717) is 17.9 Å². The van der Waals surface area contributed by atoms with E-state index in [4.69, 9.17) is 5.73 Å². The molecular formula is C14H26N2O. The number of hydrogen-bond acceptors (Lipinski definition) is 2. The van der Waals surface area contributed by atoms with E-state index in [1.165, 1.54) is 38.5 Å². The molecule has 1 aliphatic carbocycles. The van der Waals surface area contributed by atoms with E-state index >= 15 is 0 Å². The van der Waals surface area contributed by atoms with Gasteiger partial charge in [-0.25, -0.2) is 0 Å². The quantitative estimate of drug-likeness (QED) is 0.820. The maximum atomic E-state index is 12.0. The van der Waals surface area contributed by atoms with Gasteiger partial charge >= 0.3 is 0 Å². The molecule has 1 aliphatic heterocycles. The third-order valence-corrected chi connectivity index (χ3v) is 4.30. The summed E-state index contributed by atoms with van der Waals surface area (Å²) in [5.74, 6) is 1.08. The van der Waals surface area contributed by atoms with Gasteiger partial charge in [-0.15, -0.1) is 0 Å². The predicted molar refractivity (Wildman–Crippen MR) is 69.6 cm³/mol. The van der Waals surface area contributed by atoms with Crippen LogP contribution in [0.5, 0.6) is 0 Å². The van der Waals surface area contributed by atoms with E-state index in [-0.39, 0.29) is 0 Å².